The average molecular weight is 276 g/mol. The van der Waals surface area contributed by atoms with Crippen LogP contribution in [0, 0.1) is 5.92 Å². The Morgan fingerprint density at radius 3 is 2.60 bits per heavy atom. The summed E-state index contributed by atoms with van der Waals surface area (Å²) in [5, 5.41) is 3.17. The molecule has 5 heteroatoms. The third kappa shape index (κ3) is 2.99. The maximum absolute atomic E-state index is 12.5. The van der Waals surface area contributed by atoms with E-state index in [1.807, 2.05) is 30.3 Å². The normalized spacial score (nSPS) is 19.4. The summed E-state index contributed by atoms with van der Waals surface area (Å²) in [6.07, 6.45) is 0.811. The number of nitrogens with zero attached hydrogens (tertiary/aromatic N) is 1. The summed E-state index contributed by atoms with van der Waals surface area (Å²) in [6.45, 7) is 1.52. The minimum atomic E-state index is -0.686. The number of hydrogen-bond donors (Lipinski definition) is 1. The molecule has 0 aliphatic carbocycles. The van der Waals surface area contributed by atoms with E-state index in [1.54, 1.807) is 7.05 Å². The van der Waals surface area contributed by atoms with Crippen molar-refractivity contribution < 1.29 is 14.3 Å². The number of likely N-dealkylation sites (N-methyl/N-ethyl adjacent to an activating group) is 1. The summed E-state index contributed by atoms with van der Waals surface area (Å²) in [5.74, 6) is -0.497. The molecule has 1 aliphatic heterocycles. The second-order valence-corrected chi connectivity index (χ2v) is 4.98. The van der Waals surface area contributed by atoms with Crippen LogP contribution < -0.4 is 5.32 Å². The molecule has 0 spiro atoms. The first-order chi connectivity index (χ1) is 9.65. The van der Waals surface area contributed by atoms with Crippen LogP contribution in [0.2, 0.25) is 0 Å². The van der Waals surface area contributed by atoms with Crippen LogP contribution in [0.1, 0.15) is 18.0 Å². The van der Waals surface area contributed by atoms with Crippen molar-refractivity contribution in [1.29, 1.82) is 0 Å². The number of nitrogens with one attached hydrogen (secondary N) is 1. The van der Waals surface area contributed by atoms with Gasteiger partial charge in [0.2, 0.25) is 5.91 Å². The minimum Gasteiger partial charge on any atom is -0.467 e. The molecule has 0 bridgehead atoms. The topological polar surface area (TPSA) is 58.6 Å². The number of rotatable bonds is 4. The van der Waals surface area contributed by atoms with Crippen molar-refractivity contribution in [1.82, 2.24) is 10.2 Å². The van der Waals surface area contributed by atoms with E-state index in [9.17, 15) is 9.59 Å². The predicted molar refractivity (Wildman–Crippen MR) is 74.9 cm³/mol. The monoisotopic (exact) mass is 276 g/mol. The fourth-order valence-corrected chi connectivity index (χ4v) is 2.55. The molecule has 1 fully saturated rings. The van der Waals surface area contributed by atoms with Crippen LogP contribution >= 0.6 is 0 Å². The summed E-state index contributed by atoms with van der Waals surface area (Å²) in [5.41, 5.74) is 0.765. The van der Waals surface area contributed by atoms with E-state index in [2.05, 4.69) is 5.32 Å². The number of carbonyl (C=O) groups excluding carboxylic acids is 2. The van der Waals surface area contributed by atoms with Gasteiger partial charge >= 0.3 is 5.97 Å². The van der Waals surface area contributed by atoms with E-state index in [0.29, 0.717) is 6.54 Å². The highest BCUT2D eigenvalue weighted by Gasteiger charge is 2.33. The van der Waals surface area contributed by atoms with Crippen LogP contribution in [0.5, 0.6) is 0 Å². The summed E-state index contributed by atoms with van der Waals surface area (Å²) in [4.78, 5) is 26.0. The number of carbonyl (C=O) groups is 2. The first-order valence-corrected chi connectivity index (χ1v) is 6.75. The lowest BCUT2D eigenvalue weighted by atomic mass is 10.0. The van der Waals surface area contributed by atoms with E-state index >= 15 is 0 Å². The van der Waals surface area contributed by atoms with Gasteiger partial charge in [-0.2, -0.15) is 0 Å². The Kier molecular flexibility index (Phi) is 4.74. The maximum atomic E-state index is 12.5. The first-order valence-electron chi connectivity index (χ1n) is 6.75. The van der Waals surface area contributed by atoms with Gasteiger partial charge in [-0.3, -0.25) is 4.79 Å². The summed E-state index contributed by atoms with van der Waals surface area (Å²) in [6, 6.07) is 8.55. The van der Waals surface area contributed by atoms with Crippen LogP contribution in [0.15, 0.2) is 30.3 Å². The van der Waals surface area contributed by atoms with Crippen LogP contribution in [0.25, 0.3) is 0 Å². The average Bonchev–Trinajstić information content (AvgIpc) is 3.01. The molecule has 1 unspecified atom stereocenters. The third-order valence-corrected chi connectivity index (χ3v) is 3.68. The highest BCUT2D eigenvalue weighted by atomic mass is 16.5. The number of amides is 1. The van der Waals surface area contributed by atoms with Crippen molar-refractivity contribution in [3.05, 3.63) is 35.9 Å². The summed E-state index contributed by atoms with van der Waals surface area (Å²) >= 11 is 0. The van der Waals surface area contributed by atoms with Gasteiger partial charge in [0.15, 0.2) is 6.04 Å². The highest BCUT2D eigenvalue weighted by molar-refractivity contribution is 5.86. The van der Waals surface area contributed by atoms with Crippen molar-refractivity contribution in [3.63, 3.8) is 0 Å². The Bertz CT molecular complexity index is 469. The molecule has 2 rings (SSSR count). The van der Waals surface area contributed by atoms with Crippen LogP contribution in [-0.4, -0.2) is 44.0 Å². The molecule has 2 atom stereocenters. The molecule has 0 radical (unpaired) electrons. The van der Waals surface area contributed by atoms with Crippen molar-refractivity contribution in [2.75, 3.05) is 27.2 Å². The largest absolute Gasteiger partial charge is 0.467 e. The summed E-state index contributed by atoms with van der Waals surface area (Å²) in [7, 11) is 3.00. The van der Waals surface area contributed by atoms with E-state index in [4.69, 9.17) is 4.74 Å². The van der Waals surface area contributed by atoms with E-state index in [0.717, 1.165) is 18.5 Å². The van der Waals surface area contributed by atoms with Gasteiger partial charge in [-0.1, -0.05) is 30.3 Å². The molecule has 0 saturated carbocycles. The van der Waals surface area contributed by atoms with Crippen LogP contribution in [0.3, 0.4) is 0 Å². The Balaban J connectivity index is 2.22. The standard InChI is InChI=1S/C15H20N2O3/c1-17(14(18)12-8-9-16-10-12)13(15(19)20-2)11-6-4-3-5-7-11/h3-7,12-13,16H,8-10H2,1-2H3/t12?,13-/m1/s1. The van der Waals surface area contributed by atoms with Gasteiger partial charge in [-0.15, -0.1) is 0 Å². The number of benzene rings is 1. The Morgan fingerprint density at radius 2 is 2.05 bits per heavy atom. The van der Waals surface area contributed by atoms with Gasteiger partial charge in [-0.05, 0) is 18.5 Å². The number of ether oxygens (including phenoxy) is 1. The molecule has 5 nitrogen and oxygen atoms in total. The predicted octanol–water partition coefficient (Wildman–Crippen LogP) is 0.969. The zero-order valence-electron chi connectivity index (χ0n) is 11.8. The first kappa shape index (κ1) is 14.5. The molecule has 108 valence electrons. The van der Waals surface area contributed by atoms with E-state index in [1.165, 1.54) is 12.0 Å². The molecule has 1 N–H and O–H groups in total. The fourth-order valence-electron chi connectivity index (χ4n) is 2.55. The van der Waals surface area contributed by atoms with Crippen molar-refractivity contribution >= 4 is 11.9 Å². The molecule has 1 aromatic carbocycles. The molecular formula is C15H20N2O3. The Morgan fingerprint density at radius 1 is 1.35 bits per heavy atom. The van der Waals surface area contributed by atoms with Gasteiger partial charge in [0, 0.05) is 13.6 Å². The van der Waals surface area contributed by atoms with E-state index < -0.39 is 12.0 Å². The number of methoxy groups -OCH3 is 1. The molecule has 1 aromatic rings. The summed E-state index contributed by atoms with van der Waals surface area (Å²) < 4.78 is 4.85. The van der Waals surface area contributed by atoms with Gasteiger partial charge in [0.05, 0.1) is 13.0 Å². The molecule has 20 heavy (non-hydrogen) atoms. The number of esters is 1. The molecule has 0 aromatic heterocycles. The molecular weight excluding hydrogens is 256 g/mol. The smallest absolute Gasteiger partial charge is 0.333 e. The van der Waals surface area contributed by atoms with E-state index in [-0.39, 0.29) is 11.8 Å². The molecule has 1 amide bonds. The Hall–Kier alpha value is -1.88. The lowest BCUT2D eigenvalue weighted by Gasteiger charge is -2.28. The van der Waals surface area contributed by atoms with Gasteiger partial charge < -0.3 is 15.0 Å². The van der Waals surface area contributed by atoms with Crippen LogP contribution in [-0.2, 0) is 14.3 Å². The van der Waals surface area contributed by atoms with Crippen LogP contribution in [0.4, 0.5) is 0 Å². The molecule has 1 saturated heterocycles. The quantitative estimate of drug-likeness (QED) is 0.833. The van der Waals surface area contributed by atoms with Gasteiger partial charge in [-0.25, -0.2) is 4.79 Å². The zero-order chi connectivity index (χ0) is 14.5. The lowest BCUT2D eigenvalue weighted by molar-refractivity contribution is -0.153. The van der Waals surface area contributed by atoms with Gasteiger partial charge in [0.25, 0.3) is 0 Å². The molecule has 1 heterocycles. The molecule has 1 aliphatic rings. The zero-order valence-corrected chi connectivity index (χ0v) is 11.8. The maximum Gasteiger partial charge on any atom is 0.333 e. The Labute approximate surface area is 118 Å². The highest BCUT2D eigenvalue weighted by Crippen LogP contribution is 2.24. The third-order valence-electron chi connectivity index (χ3n) is 3.68. The number of hydrogen-bond acceptors (Lipinski definition) is 4. The second-order valence-electron chi connectivity index (χ2n) is 4.98. The SMILES string of the molecule is COC(=O)[C@@H](c1ccccc1)N(C)C(=O)C1CCNC1. The fraction of sp³-hybridized carbons (Fsp3) is 0.467. The van der Waals surface area contributed by atoms with Gasteiger partial charge in [0.1, 0.15) is 0 Å². The second kappa shape index (κ2) is 6.52. The lowest BCUT2D eigenvalue weighted by Crippen LogP contribution is -2.40. The van der Waals surface area contributed by atoms with Crippen molar-refractivity contribution in [3.8, 4) is 0 Å². The van der Waals surface area contributed by atoms with Crippen molar-refractivity contribution in [2.24, 2.45) is 5.92 Å². The minimum absolute atomic E-state index is 0.0192. The van der Waals surface area contributed by atoms with Crippen molar-refractivity contribution in [2.45, 2.75) is 12.5 Å².